The zero-order chi connectivity index (χ0) is 23.7. The Balaban J connectivity index is 1.28. The summed E-state index contributed by atoms with van der Waals surface area (Å²) < 4.78 is 7.55. The predicted octanol–water partition coefficient (Wildman–Crippen LogP) is 4.13. The maximum absolute atomic E-state index is 12.6. The Morgan fingerprint density at radius 3 is 2.53 bits per heavy atom. The van der Waals surface area contributed by atoms with Gasteiger partial charge in [0.15, 0.2) is 5.82 Å². The van der Waals surface area contributed by atoms with Crippen molar-refractivity contribution in [1.82, 2.24) is 14.6 Å². The Hall–Kier alpha value is -4.38. The van der Waals surface area contributed by atoms with E-state index in [2.05, 4.69) is 32.4 Å². The molecule has 8 heteroatoms. The minimum atomic E-state index is -0.131. The first-order valence-electron chi connectivity index (χ1n) is 11.2. The first-order valence-corrected chi connectivity index (χ1v) is 11.2. The highest BCUT2D eigenvalue weighted by atomic mass is 16.5. The second-order valence-corrected chi connectivity index (χ2v) is 8.61. The van der Waals surface area contributed by atoms with Crippen LogP contribution in [0.2, 0.25) is 0 Å². The van der Waals surface area contributed by atoms with E-state index in [1.54, 1.807) is 24.3 Å². The van der Waals surface area contributed by atoms with Crippen molar-refractivity contribution in [3.63, 3.8) is 0 Å². The molecule has 1 N–H and O–H groups in total. The molecule has 0 atom stereocenters. The van der Waals surface area contributed by atoms with Crippen LogP contribution in [-0.4, -0.2) is 39.7 Å². The van der Waals surface area contributed by atoms with Crippen molar-refractivity contribution < 1.29 is 9.53 Å². The van der Waals surface area contributed by atoms with Crippen LogP contribution in [0.4, 0.5) is 11.5 Å². The molecule has 1 fully saturated rings. The van der Waals surface area contributed by atoms with E-state index in [9.17, 15) is 4.79 Å². The van der Waals surface area contributed by atoms with Crippen LogP contribution in [-0.2, 0) is 4.79 Å². The lowest BCUT2D eigenvalue weighted by atomic mass is 9.99. The van der Waals surface area contributed by atoms with Crippen LogP contribution >= 0.6 is 0 Å². The molecule has 170 valence electrons. The van der Waals surface area contributed by atoms with E-state index in [0.29, 0.717) is 24.3 Å². The van der Waals surface area contributed by atoms with Crippen LogP contribution in [0, 0.1) is 17.2 Å². The molecule has 0 spiro atoms. The molecule has 1 aliphatic heterocycles. The first kappa shape index (κ1) is 21.5. The molecular formula is C26H24N6O2. The quantitative estimate of drug-likeness (QED) is 0.473. The lowest BCUT2D eigenvalue weighted by Crippen LogP contribution is -2.52. The summed E-state index contributed by atoms with van der Waals surface area (Å²) in [5.41, 5.74) is 4.25. The number of ether oxygens (including phenoxy) is 1. The van der Waals surface area contributed by atoms with Crippen molar-refractivity contribution in [2.24, 2.45) is 5.92 Å². The van der Waals surface area contributed by atoms with Gasteiger partial charge < -0.3 is 15.0 Å². The number of amides is 1. The molecule has 34 heavy (non-hydrogen) atoms. The van der Waals surface area contributed by atoms with Crippen molar-refractivity contribution in [2.75, 3.05) is 23.3 Å². The van der Waals surface area contributed by atoms with E-state index in [-0.39, 0.29) is 17.9 Å². The van der Waals surface area contributed by atoms with Gasteiger partial charge >= 0.3 is 0 Å². The third kappa shape index (κ3) is 4.28. The van der Waals surface area contributed by atoms with Crippen molar-refractivity contribution >= 4 is 22.9 Å². The number of benzene rings is 2. The summed E-state index contributed by atoms with van der Waals surface area (Å²) in [4.78, 5) is 19.2. The van der Waals surface area contributed by atoms with Crippen LogP contribution in [0.1, 0.15) is 19.4 Å². The van der Waals surface area contributed by atoms with Crippen LogP contribution in [0.5, 0.6) is 5.75 Å². The summed E-state index contributed by atoms with van der Waals surface area (Å²) in [6.45, 7) is 5.17. The molecule has 3 heterocycles. The van der Waals surface area contributed by atoms with Gasteiger partial charge in [0.1, 0.15) is 17.6 Å². The molecule has 8 nitrogen and oxygen atoms in total. The lowest BCUT2D eigenvalue weighted by Gasteiger charge is -2.39. The number of carbonyl (C=O) groups excluding carboxylic acids is 1. The molecule has 0 bridgehead atoms. The molecule has 1 amide bonds. The predicted molar refractivity (Wildman–Crippen MR) is 130 cm³/mol. The van der Waals surface area contributed by atoms with Gasteiger partial charge in [0.05, 0.1) is 23.7 Å². The summed E-state index contributed by atoms with van der Waals surface area (Å²) in [5.74, 6) is 1.48. The Kier molecular flexibility index (Phi) is 5.60. The topological polar surface area (TPSA) is 95.5 Å². The largest absolute Gasteiger partial charge is 0.491 e. The Morgan fingerprint density at radius 1 is 1.12 bits per heavy atom. The maximum atomic E-state index is 12.6. The zero-order valence-electron chi connectivity index (χ0n) is 19.0. The van der Waals surface area contributed by atoms with Crippen molar-refractivity contribution in [3.8, 4) is 22.9 Å². The summed E-state index contributed by atoms with van der Waals surface area (Å²) >= 11 is 0. The van der Waals surface area contributed by atoms with Gasteiger partial charge in [-0.25, -0.2) is 9.50 Å². The molecule has 1 aliphatic rings. The smallest absolute Gasteiger partial charge is 0.231 e. The number of carbonyl (C=O) groups is 1. The monoisotopic (exact) mass is 452 g/mol. The number of hydrogen-bond donors (Lipinski definition) is 1. The highest BCUT2D eigenvalue weighted by molar-refractivity contribution is 5.94. The van der Waals surface area contributed by atoms with E-state index < -0.39 is 0 Å². The van der Waals surface area contributed by atoms with Gasteiger partial charge in [0.2, 0.25) is 5.91 Å². The molecule has 0 radical (unpaired) electrons. The van der Waals surface area contributed by atoms with E-state index in [1.165, 1.54) is 6.33 Å². The van der Waals surface area contributed by atoms with Crippen LogP contribution in [0.25, 0.3) is 16.6 Å². The standard InChI is InChI=1S/C26H24N6O2/c1-17(2)34-23-9-5-19(6-10-23)20-11-24-25(28-16-29-32(24)15-20)31-13-21(14-31)26(33)30-22-7-3-18(12-27)4-8-22/h3-11,15-17,21H,13-14H2,1-2H3,(H,30,33). The van der Waals surface area contributed by atoms with E-state index in [4.69, 9.17) is 10.00 Å². The number of nitrogens with zero attached hydrogens (tertiary/aromatic N) is 5. The van der Waals surface area contributed by atoms with Crippen molar-refractivity contribution in [2.45, 2.75) is 20.0 Å². The number of nitriles is 1. The fourth-order valence-corrected chi connectivity index (χ4v) is 4.01. The summed E-state index contributed by atoms with van der Waals surface area (Å²) in [6.07, 6.45) is 3.65. The SMILES string of the molecule is CC(C)Oc1ccc(-c2cc3c(N4CC(C(=O)Nc5ccc(C#N)cc5)C4)ncnn3c2)cc1. The Morgan fingerprint density at radius 2 is 1.85 bits per heavy atom. The third-order valence-corrected chi connectivity index (χ3v) is 5.78. The molecular weight excluding hydrogens is 428 g/mol. The molecule has 2 aromatic heterocycles. The first-order chi connectivity index (χ1) is 16.5. The minimum Gasteiger partial charge on any atom is -0.491 e. The highest BCUT2D eigenvalue weighted by Crippen LogP contribution is 2.31. The van der Waals surface area contributed by atoms with Crippen LogP contribution in [0.15, 0.2) is 67.1 Å². The maximum Gasteiger partial charge on any atom is 0.231 e. The number of aromatic nitrogens is 3. The highest BCUT2D eigenvalue weighted by Gasteiger charge is 2.34. The van der Waals surface area contributed by atoms with Gasteiger partial charge in [-0.05, 0) is 61.9 Å². The molecule has 0 aliphatic carbocycles. The van der Waals surface area contributed by atoms with Gasteiger partial charge in [-0.2, -0.15) is 10.4 Å². The van der Waals surface area contributed by atoms with Gasteiger partial charge in [-0.1, -0.05) is 12.1 Å². The molecule has 2 aromatic carbocycles. The molecule has 4 aromatic rings. The number of nitrogens with one attached hydrogen (secondary N) is 1. The summed E-state index contributed by atoms with van der Waals surface area (Å²) in [6, 6.07) is 19.0. The van der Waals surface area contributed by atoms with Crippen LogP contribution in [0.3, 0.4) is 0 Å². The fraction of sp³-hybridized carbons (Fsp3) is 0.231. The van der Waals surface area contributed by atoms with Crippen LogP contribution < -0.4 is 15.0 Å². The summed E-state index contributed by atoms with van der Waals surface area (Å²) in [5, 5.41) is 16.2. The minimum absolute atomic E-state index is 0.0363. The number of anilines is 2. The second-order valence-electron chi connectivity index (χ2n) is 8.61. The van der Waals surface area contributed by atoms with Crippen molar-refractivity contribution in [1.29, 1.82) is 5.26 Å². The molecule has 0 unspecified atom stereocenters. The van der Waals surface area contributed by atoms with Gasteiger partial charge in [-0.15, -0.1) is 0 Å². The average Bonchev–Trinajstić information content (AvgIpc) is 3.24. The lowest BCUT2D eigenvalue weighted by molar-refractivity contribution is -0.120. The third-order valence-electron chi connectivity index (χ3n) is 5.78. The fourth-order valence-electron chi connectivity index (χ4n) is 4.01. The van der Waals surface area contributed by atoms with Gasteiger partial charge in [0.25, 0.3) is 0 Å². The second kappa shape index (κ2) is 8.87. The van der Waals surface area contributed by atoms with E-state index >= 15 is 0 Å². The number of fused-ring (bicyclic) bond motifs is 1. The molecule has 1 saturated heterocycles. The summed E-state index contributed by atoms with van der Waals surface area (Å²) in [7, 11) is 0. The Labute approximate surface area is 197 Å². The normalized spacial score (nSPS) is 13.5. The number of rotatable bonds is 6. The van der Waals surface area contributed by atoms with Crippen molar-refractivity contribution in [3.05, 3.63) is 72.7 Å². The zero-order valence-corrected chi connectivity index (χ0v) is 19.0. The van der Waals surface area contributed by atoms with Gasteiger partial charge in [-0.3, -0.25) is 4.79 Å². The molecule has 5 rings (SSSR count). The average molecular weight is 453 g/mol. The Bertz CT molecular complexity index is 1360. The van der Waals surface area contributed by atoms with E-state index in [0.717, 1.165) is 28.2 Å². The van der Waals surface area contributed by atoms with Gasteiger partial charge in [0, 0.05) is 30.5 Å². The molecule has 0 saturated carbocycles. The number of hydrogen-bond acceptors (Lipinski definition) is 6. The van der Waals surface area contributed by atoms with E-state index in [1.807, 2.05) is 48.8 Å².